The van der Waals surface area contributed by atoms with Crippen LogP contribution in [0.5, 0.6) is 0 Å². The van der Waals surface area contributed by atoms with E-state index in [1.165, 1.54) is 0 Å². The summed E-state index contributed by atoms with van der Waals surface area (Å²) in [5.74, 6) is 3.74. The summed E-state index contributed by atoms with van der Waals surface area (Å²) in [6, 6.07) is 4.00. The summed E-state index contributed by atoms with van der Waals surface area (Å²) in [6.07, 6.45) is 2.57. The normalized spacial score (nSPS) is 10.5. The maximum atomic E-state index is 11.2. The molecule has 3 heteroatoms. The quantitative estimate of drug-likeness (QED) is 0.713. The minimum absolute atomic E-state index is 0.338. The monoisotopic (exact) mass is 226 g/mol. The van der Waals surface area contributed by atoms with E-state index in [1.807, 2.05) is 19.1 Å². The molecule has 1 rings (SSSR count). The molecule has 0 radical (unpaired) electrons. The molecule has 1 aromatic rings. The number of aryl methyl sites for hydroxylation is 1. The maximum absolute atomic E-state index is 11.2. The lowest BCUT2D eigenvalue weighted by molar-refractivity contribution is -0.116. The van der Waals surface area contributed by atoms with Gasteiger partial charge in [0.25, 0.3) is 0 Å². The van der Waals surface area contributed by atoms with Gasteiger partial charge in [0.1, 0.15) is 17.3 Å². The highest BCUT2D eigenvalue weighted by molar-refractivity contribution is 7.99. The molecule has 0 spiro atoms. The fraction of sp³-hybridized carbons (Fsp3) is 0.583. The zero-order valence-electron chi connectivity index (χ0n) is 9.41. The zero-order valence-corrected chi connectivity index (χ0v) is 10.2. The van der Waals surface area contributed by atoms with E-state index in [1.54, 1.807) is 11.8 Å². The number of Topliss-reactive ketones (excluding diaryl/α,β-unsaturated/α-hetero) is 1. The van der Waals surface area contributed by atoms with Gasteiger partial charge in [-0.05, 0) is 18.6 Å². The second-order valence-corrected chi connectivity index (χ2v) is 4.49. The van der Waals surface area contributed by atoms with Crippen molar-refractivity contribution in [3.8, 4) is 0 Å². The Morgan fingerprint density at radius 3 is 2.67 bits per heavy atom. The van der Waals surface area contributed by atoms with Crippen molar-refractivity contribution in [2.45, 2.75) is 38.9 Å². The predicted octanol–water partition coefficient (Wildman–Crippen LogP) is 3.44. The van der Waals surface area contributed by atoms with Crippen molar-refractivity contribution in [1.29, 1.82) is 0 Å². The van der Waals surface area contributed by atoms with Gasteiger partial charge < -0.3 is 4.42 Å². The average molecular weight is 226 g/mol. The Balaban J connectivity index is 2.22. The predicted molar refractivity (Wildman–Crippen MR) is 64.2 cm³/mol. The van der Waals surface area contributed by atoms with Gasteiger partial charge in [0, 0.05) is 12.8 Å². The van der Waals surface area contributed by atoms with Gasteiger partial charge in [0.15, 0.2) is 0 Å². The highest BCUT2D eigenvalue weighted by Gasteiger charge is 2.03. The van der Waals surface area contributed by atoms with Crippen LogP contribution in [0.15, 0.2) is 16.5 Å². The smallest absolute Gasteiger partial charge is 0.142 e. The van der Waals surface area contributed by atoms with E-state index in [0.717, 1.165) is 30.1 Å². The van der Waals surface area contributed by atoms with Crippen LogP contribution in [-0.2, 0) is 17.0 Å². The molecular weight excluding hydrogens is 208 g/mol. The Hall–Kier alpha value is -0.700. The van der Waals surface area contributed by atoms with E-state index in [2.05, 4.69) is 6.92 Å². The summed E-state index contributed by atoms with van der Waals surface area (Å²) < 4.78 is 5.54. The lowest BCUT2D eigenvalue weighted by atomic mass is 10.3. The third kappa shape index (κ3) is 4.56. The third-order valence-corrected chi connectivity index (χ3v) is 3.12. The lowest BCUT2D eigenvalue weighted by Crippen LogP contribution is -2.00. The van der Waals surface area contributed by atoms with Gasteiger partial charge in [-0.3, -0.25) is 4.79 Å². The molecule has 0 bridgehead atoms. The Bertz CT molecular complexity index is 304. The van der Waals surface area contributed by atoms with Gasteiger partial charge in [-0.15, -0.1) is 11.8 Å². The van der Waals surface area contributed by atoms with Crippen molar-refractivity contribution in [2.24, 2.45) is 0 Å². The lowest BCUT2D eigenvalue weighted by Gasteiger charge is -1.98. The molecule has 0 saturated carbocycles. The largest absolute Gasteiger partial charge is 0.465 e. The number of hydrogen-bond acceptors (Lipinski definition) is 3. The maximum Gasteiger partial charge on any atom is 0.142 e. The van der Waals surface area contributed by atoms with Gasteiger partial charge in [0.05, 0.1) is 11.5 Å². The summed E-state index contributed by atoms with van der Waals surface area (Å²) in [6.45, 7) is 4.10. The highest BCUT2D eigenvalue weighted by atomic mass is 32.2. The van der Waals surface area contributed by atoms with E-state index >= 15 is 0 Å². The van der Waals surface area contributed by atoms with Crippen LogP contribution < -0.4 is 0 Å². The van der Waals surface area contributed by atoms with Crippen LogP contribution in [0.1, 0.15) is 38.2 Å². The molecule has 0 unspecified atom stereocenters. The van der Waals surface area contributed by atoms with E-state index in [9.17, 15) is 4.79 Å². The fourth-order valence-electron chi connectivity index (χ4n) is 1.31. The Morgan fingerprint density at radius 1 is 1.33 bits per heavy atom. The summed E-state index contributed by atoms with van der Waals surface area (Å²) >= 11 is 1.63. The van der Waals surface area contributed by atoms with E-state index < -0.39 is 0 Å². The van der Waals surface area contributed by atoms with E-state index in [-0.39, 0.29) is 0 Å². The van der Waals surface area contributed by atoms with Gasteiger partial charge >= 0.3 is 0 Å². The molecule has 0 aromatic carbocycles. The van der Waals surface area contributed by atoms with Crippen molar-refractivity contribution < 1.29 is 9.21 Å². The van der Waals surface area contributed by atoms with Crippen molar-refractivity contribution in [3.05, 3.63) is 23.7 Å². The van der Waals surface area contributed by atoms with Crippen LogP contribution in [0.4, 0.5) is 0 Å². The molecule has 0 aliphatic carbocycles. The Labute approximate surface area is 95.4 Å². The minimum atomic E-state index is 0.338. The molecule has 0 amide bonds. The summed E-state index contributed by atoms with van der Waals surface area (Å²) in [7, 11) is 0. The number of hydrogen-bond donors (Lipinski definition) is 0. The summed E-state index contributed by atoms with van der Waals surface area (Å²) in [4.78, 5) is 11.2. The standard InChI is InChI=1S/C12H18O2S/c1-3-5-10(13)8-15-9-12-7-6-11(4-2)14-12/h6-7H,3-5,8-9H2,1-2H3. The topological polar surface area (TPSA) is 30.2 Å². The van der Waals surface area contributed by atoms with Gasteiger partial charge in [-0.1, -0.05) is 13.8 Å². The molecule has 0 aliphatic heterocycles. The molecule has 0 aliphatic rings. The number of thioether (sulfide) groups is 1. The van der Waals surface area contributed by atoms with Crippen LogP contribution in [0.25, 0.3) is 0 Å². The van der Waals surface area contributed by atoms with Crippen molar-refractivity contribution in [2.75, 3.05) is 5.75 Å². The van der Waals surface area contributed by atoms with Crippen molar-refractivity contribution in [1.82, 2.24) is 0 Å². The second kappa shape index (κ2) is 6.72. The Kier molecular flexibility index (Phi) is 5.54. The molecule has 0 saturated heterocycles. The number of ketones is 1. The molecule has 2 nitrogen and oxygen atoms in total. The van der Waals surface area contributed by atoms with E-state index in [4.69, 9.17) is 4.42 Å². The zero-order chi connectivity index (χ0) is 11.1. The molecule has 0 fully saturated rings. The van der Waals surface area contributed by atoms with Crippen LogP contribution >= 0.6 is 11.8 Å². The first kappa shape index (κ1) is 12.4. The van der Waals surface area contributed by atoms with Crippen molar-refractivity contribution in [3.63, 3.8) is 0 Å². The molecule has 15 heavy (non-hydrogen) atoms. The highest BCUT2D eigenvalue weighted by Crippen LogP contribution is 2.16. The summed E-state index contributed by atoms with van der Waals surface area (Å²) in [5.41, 5.74) is 0. The number of furan rings is 1. The average Bonchev–Trinajstić information content (AvgIpc) is 2.66. The van der Waals surface area contributed by atoms with Crippen LogP contribution in [0.3, 0.4) is 0 Å². The number of carbonyl (C=O) groups excluding carboxylic acids is 1. The van der Waals surface area contributed by atoms with Gasteiger partial charge in [0.2, 0.25) is 0 Å². The third-order valence-electron chi connectivity index (χ3n) is 2.10. The van der Waals surface area contributed by atoms with Gasteiger partial charge in [-0.2, -0.15) is 0 Å². The minimum Gasteiger partial charge on any atom is -0.465 e. The van der Waals surface area contributed by atoms with Gasteiger partial charge in [-0.25, -0.2) is 0 Å². The summed E-state index contributed by atoms with van der Waals surface area (Å²) in [5, 5.41) is 0. The van der Waals surface area contributed by atoms with Crippen molar-refractivity contribution >= 4 is 17.5 Å². The first-order valence-corrected chi connectivity index (χ1v) is 6.58. The SMILES string of the molecule is CCCC(=O)CSCc1ccc(CC)o1. The Morgan fingerprint density at radius 2 is 2.07 bits per heavy atom. The molecule has 1 aromatic heterocycles. The molecule has 0 N–H and O–H groups in total. The molecule has 0 atom stereocenters. The fourth-order valence-corrected chi connectivity index (χ4v) is 2.14. The van der Waals surface area contributed by atoms with Crippen LogP contribution in [-0.4, -0.2) is 11.5 Å². The first-order chi connectivity index (χ1) is 7.26. The first-order valence-electron chi connectivity index (χ1n) is 5.43. The molecule has 84 valence electrons. The second-order valence-electron chi connectivity index (χ2n) is 3.50. The molecular formula is C12H18O2S. The number of carbonyl (C=O) groups is 1. The number of rotatable bonds is 7. The molecule has 1 heterocycles. The van der Waals surface area contributed by atoms with Crippen LogP contribution in [0, 0.1) is 0 Å². The van der Waals surface area contributed by atoms with E-state index in [0.29, 0.717) is 18.0 Å². The van der Waals surface area contributed by atoms with Crippen LogP contribution in [0.2, 0.25) is 0 Å².